The van der Waals surface area contributed by atoms with Crippen LogP contribution in [0.15, 0.2) is 22.8 Å². The third kappa shape index (κ3) is 1.26. The molecular formula is C9H7BrFNO. The third-order valence-corrected chi connectivity index (χ3v) is 2.79. The highest BCUT2D eigenvalue weighted by Crippen LogP contribution is 2.28. The molecule has 2 N–H and O–H groups in total. The van der Waals surface area contributed by atoms with E-state index in [0.717, 1.165) is 10.9 Å². The molecule has 0 atom stereocenters. The maximum Gasteiger partial charge on any atom is 0.138 e. The van der Waals surface area contributed by atoms with Gasteiger partial charge in [0.25, 0.3) is 0 Å². The lowest BCUT2D eigenvalue weighted by atomic mass is 10.1. The molecule has 0 spiro atoms. The van der Waals surface area contributed by atoms with Gasteiger partial charge in [0.1, 0.15) is 5.82 Å². The molecule has 0 amide bonds. The number of halogens is 2. The smallest absolute Gasteiger partial charge is 0.138 e. The minimum absolute atomic E-state index is 0.165. The quantitative estimate of drug-likeness (QED) is 0.794. The number of hydrogen-bond donors (Lipinski definition) is 2. The summed E-state index contributed by atoms with van der Waals surface area (Å²) in [5.74, 6) is -0.351. The minimum Gasteiger partial charge on any atom is -0.392 e. The van der Waals surface area contributed by atoms with Gasteiger partial charge >= 0.3 is 0 Å². The van der Waals surface area contributed by atoms with Gasteiger partial charge in [0, 0.05) is 17.1 Å². The van der Waals surface area contributed by atoms with Crippen LogP contribution in [0, 0.1) is 5.82 Å². The summed E-state index contributed by atoms with van der Waals surface area (Å²) >= 11 is 3.15. The normalized spacial score (nSPS) is 11.0. The van der Waals surface area contributed by atoms with Gasteiger partial charge in [-0.05, 0) is 28.1 Å². The molecule has 0 saturated carbocycles. The number of benzene rings is 1. The number of H-pyrrole nitrogens is 1. The van der Waals surface area contributed by atoms with Crippen LogP contribution in [-0.2, 0) is 6.61 Å². The minimum atomic E-state index is -0.351. The summed E-state index contributed by atoms with van der Waals surface area (Å²) in [4.78, 5) is 2.95. The van der Waals surface area contributed by atoms with Crippen molar-refractivity contribution in [2.24, 2.45) is 0 Å². The van der Waals surface area contributed by atoms with Gasteiger partial charge in [-0.3, -0.25) is 0 Å². The molecule has 0 aliphatic rings. The molecule has 1 aromatic heterocycles. The van der Waals surface area contributed by atoms with Crippen LogP contribution in [0.25, 0.3) is 10.9 Å². The highest BCUT2D eigenvalue weighted by molar-refractivity contribution is 9.10. The average Bonchev–Trinajstić information content (AvgIpc) is 2.60. The Morgan fingerprint density at radius 3 is 3.00 bits per heavy atom. The lowest BCUT2D eigenvalue weighted by molar-refractivity contribution is 0.282. The summed E-state index contributed by atoms with van der Waals surface area (Å²) in [6.07, 6.45) is 1.72. The highest BCUT2D eigenvalue weighted by Gasteiger charge is 2.09. The SMILES string of the molecule is OCc1cc(F)c(Br)c2cc[nH]c12. The van der Waals surface area contributed by atoms with E-state index >= 15 is 0 Å². The van der Waals surface area contributed by atoms with E-state index in [1.807, 2.05) is 0 Å². The Hall–Kier alpha value is -0.870. The number of aromatic amines is 1. The first-order valence-corrected chi connectivity index (χ1v) is 4.58. The molecule has 0 saturated heterocycles. The molecule has 4 heteroatoms. The van der Waals surface area contributed by atoms with E-state index in [2.05, 4.69) is 20.9 Å². The fraction of sp³-hybridized carbons (Fsp3) is 0.111. The van der Waals surface area contributed by atoms with Gasteiger partial charge in [-0.1, -0.05) is 0 Å². The van der Waals surface area contributed by atoms with Gasteiger partial charge in [-0.25, -0.2) is 4.39 Å². The van der Waals surface area contributed by atoms with Crippen LogP contribution >= 0.6 is 15.9 Å². The van der Waals surface area contributed by atoms with Crippen molar-refractivity contribution in [1.29, 1.82) is 0 Å². The van der Waals surface area contributed by atoms with Crippen molar-refractivity contribution >= 4 is 26.8 Å². The molecule has 0 aliphatic carbocycles. The van der Waals surface area contributed by atoms with E-state index in [0.29, 0.717) is 10.0 Å². The predicted molar refractivity (Wildman–Crippen MR) is 51.9 cm³/mol. The maximum atomic E-state index is 13.2. The number of hydrogen-bond acceptors (Lipinski definition) is 1. The van der Waals surface area contributed by atoms with Crippen molar-refractivity contribution in [2.45, 2.75) is 6.61 Å². The highest BCUT2D eigenvalue weighted by atomic mass is 79.9. The van der Waals surface area contributed by atoms with Gasteiger partial charge in [-0.2, -0.15) is 0 Å². The molecule has 2 aromatic rings. The van der Waals surface area contributed by atoms with Crippen molar-refractivity contribution < 1.29 is 9.50 Å². The van der Waals surface area contributed by atoms with Gasteiger partial charge in [0.05, 0.1) is 16.6 Å². The summed E-state index contributed by atoms with van der Waals surface area (Å²) in [5.41, 5.74) is 1.34. The topological polar surface area (TPSA) is 36.0 Å². The molecule has 0 unspecified atom stereocenters. The Morgan fingerprint density at radius 2 is 2.31 bits per heavy atom. The number of fused-ring (bicyclic) bond motifs is 1. The molecule has 2 nitrogen and oxygen atoms in total. The van der Waals surface area contributed by atoms with Crippen molar-refractivity contribution in [2.75, 3.05) is 0 Å². The van der Waals surface area contributed by atoms with Crippen LogP contribution < -0.4 is 0 Å². The second kappa shape index (κ2) is 3.12. The Labute approximate surface area is 82.5 Å². The molecule has 13 heavy (non-hydrogen) atoms. The van der Waals surface area contributed by atoms with Crippen molar-refractivity contribution in [3.63, 3.8) is 0 Å². The zero-order valence-electron chi connectivity index (χ0n) is 6.64. The van der Waals surface area contributed by atoms with E-state index in [4.69, 9.17) is 5.11 Å². The Morgan fingerprint density at radius 1 is 1.54 bits per heavy atom. The van der Waals surface area contributed by atoms with Crippen LogP contribution in [0.3, 0.4) is 0 Å². The largest absolute Gasteiger partial charge is 0.392 e. The molecule has 0 bridgehead atoms. The average molecular weight is 244 g/mol. The van der Waals surface area contributed by atoms with E-state index in [9.17, 15) is 4.39 Å². The zero-order chi connectivity index (χ0) is 9.42. The fourth-order valence-corrected chi connectivity index (χ4v) is 1.80. The van der Waals surface area contributed by atoms with Crippen molar-refractivity contribution in [3.8, 4) is 0 Å². The van der Waals surface area contributed by atoms with Gasteiger partial charge in [-0.15, -0.1) is 0 Å². The van der Waals surface area contributed by atoms with E-state index < -0.39 is 0 Å². The Balaban J connectivity index is 2.87. The molecule has 0 aliphatic heterocycles. The molecular weight excluding hydrogens is 237 g/mol. The van der Waals surface area contributed by atoms with E-state index in [1.54, 1.807) is 12.3 Å². The number of rotatable bonds is 1. The summed E-state index contributed by atoms with van der Waals surface area (Å²) < 4.78 is 13.6. The van der Waals surface area contributed by atoms with Crippen molar-refractivity contribution in [1.82, 2.24) is 4.98 Å². The maximum absolute atomic E-state index is 13.2. The Bertz CT molecular complexity index is 452. The Kier molecular flexibility index (Phi) is 2.09. The number of aliphatic hydroxyl groups excluding tert-OH is 1. The number of nitrogens with one attached hydrogen (secondary N) is 1. The fourth-order valence-electron chi connectivity index (χ4n) is 1.36. The second-order valence-electron chi connectivity index (χ2n) is 2.76. The van der Waals surface area contributed by atoms with Crippen LogP contribution in [0.2, 0.25) is 0 Å². The molecule has 0 radical (unpaired) electrons. The lowest BCUT2D eigenvalue weighted by Gasteiger charge is -2.02. The number of aromatic nitrogens is 1. The van der Waals surface area contributed by atoms with Crippen LogP contribution in [-0.4, -0.2) is 10.1 Å². The van der Waals surface area contributed by atoms with Gasteiger partial charge < -0.3 is 10.1 Å². The third-order valence-electron chi connectivity index (χ3n) is 1.99. The predicted octanol–water partition coefficient (Wildman–Crippen LogP) is 2.56. The van der Waals surface area contributed by atoms with Gasteiger partial charge in [0.2, 0.25) is 0 Å². The molecule has 1 heterocycles. The van der Waals surface area contributed by atoms with Gasteiger partial charge in [0.15, 0.2) is 0 Å². The molecule has 0 fully saturated rings. The first-order chi connectivity index (χ1) is 6.24. The summed E-state index contributed by atoms with van der Waals surface area (Å²) in [5, 5.41) is 9.72. The van der Waals surface area contributed by atoms with Crippen molar-refractivity contribution in [3.05, 3.63) is 34.2 Å². The number of aliphatic hydroxyl groups is 1. The standard InChI is InChI=1S/C9H7BrFNO/c10-8-6-1-2-12-9(6)5(4-13)3-7(8)11/h1-3,12-13H,4H2. The first kappa shape index (κ1) is 8.72. The molecule has 1 aromatic carbocycles. The first-order valence-electron chi connectivity index (χ1n) is 3.79. The molecule has 68 valence electrons. The summed E-state index contributed by atoms with van der Waals surface area (Å²) in [6.45, 7) is -0.165. The van der Waals surface area contributed by atoms with Crippen LogP contribution in [0.5, 0.6) is 0 Å². The van der Waals surface area contributed by atoms with E-state index in [1.165, 1.54) is 6.07 Å². The monoisotopic (exact) mass is 243 g/mol. The second-order valence-corrected chi connectivity index (χ2v) is 3.55. The van der Waals surface area contributed by atoms with Crippen LogP contribution in [0.4, 0.5) is 4.39 Å². The van der Waals surface area contributed by atoms with Crippen LogP contribution in [0.1, 0.15) is 5.56 Å². The summed E-state index contributed by atoms with van der Waals surface area (Å²) in [7, 11) is 0. The summed E-state index contributed by atoms with van der Waals surface area (Å²) in [6, 6.07) is 3.09. The zero-order valence-corrected chi connectivity index (χ0v) is 8.23. The lowest BCUT2D eigenvalue weighted by Crippen LogP contribution is -1.89. The molecule has 2 rings (SSSR count). The van der Waals surface area contributed by atoms with E-state index in [-0.39, 0.29) is 12.4 Å².